The van der Waals surface area contributed by atoms with E-state index in [1.165, 1.54) is 5.92 Å². The van der Waals surface area contributed by atoms with Crippen molar-refractivity contribution in [3.8, 4) is 0 Å². The van der Waals surface area contributed by atoms with Gasteiger partial charge in [-0.2, -0.15) is 0 Å². The Morgan fingerprint density at radius 3 is 2.50 bits per heavy atom. The van der Waals surface area contributed by atoms with Crippen molar-refractivity contribution < 1.29 is 0 Å². The Morgan fingerprint density at radius 1 is 1.75 bits per heavy atom. The van der Waals surface area contributed by atoms with Crippen molar-refractivity contribution in [3.05, 3.63) is 25.5 Å². The van der Waals surface area contributed by atoms with Crippen LogP contribution in [0.3, 0.4) is 0 Å². The van der Waals surface area contributed by atoms with Crippen LogP contribution in [-0.2, 0) is 0 Å². The van der Waals surface area contributed by atoms with Gasteiger partial charge in [0.15, 0.2) is 0 Å². The van der Waals surface area contributed by atoms with Crippen LogP contribution < -0.4 is 0 Å². The summed E-state index contributed by atoms with van der Waals surface area (Å²) >= 11 is 0. The van der Waals surface area contributed by atoms with Gasteiger partial charge in [-0.1, -0.05) is 13.0 Å². The van der Waals surface area contributed by atoms with Gasteiger partial charge in [-0.25, -0.2) is 0 Å². The van der Waals surface area contributed by atoms with Gasteiger partial charge in [0.05, 0.1) is 13.3 Å². The van der Waals surface area contributed by atoms with E-state index in [2.05, 4.69) is 20.4 Å². The van der Waals surface area contributed by atoms with Crippen molar-refractivity contribution in [3.63, 3.8) is 0 Å². The van der Waals surface area contributed by atoms with Crippen molar-refractivity contribution in [2.75, 3.05) is 0 Å². The first-order chi connectivity index (χ1) is 3.85. The molecule has 0 saturated heterocycles. The normalized spacial score (nSPS) is 9.75. The average molecular weight is 110 g/mol. The second kappa shape index (κ2) is 4.76. The van der Waals surface area contributed by atoms with E-state index in [9.17, 15) is 0 Å². The Morgan fingerprint density at radius 2 is 2.38 bits per heavy atom. The molecule has 0 aliphatic heterocycles. The molecule has 8 heavy (non-hydrogen) atoms. The fourth-order valence-electron chi connectivity index (χ4n) is 0.627. The van der Waals surface area contributed by atoms with E-state index in [-0.39, 0.29) is 0 Å². The van der Waals surface area contributed by atoms with Crippen LogP contribution in [0.25, 0.3) is 0 Å². The third-order valence-corrected chi connectivity index (χ3v) is 1.29. The molecule has 0 N–H and O–H groups in total. The summed E-state index contributed by atoms with van der Waals surface area (Å²) in [5.41, 5.74) is 0. The molecule has 0 aliphatic rings. The van der Waals surface area contributed by atoms with Crippen LogP contribution in [0.4, 0.5) is 0 Å². The summed E-state index contributed by atoms with van der Waals surface area (Å²) in [5.74, 6) is 1.49. The molecule has 0 unspecified atom stereocenters. The molecule has 0 nitrogen and oxygen atoms in total. The maximum Gasteiger partial charge on any atom is 0.0916 e. The van der Waals surface area contributed by atoms with E-state index in [0.717, 1.165) is 19.3 Å². The second-order valence-electron chi connectivity index (χ2n) is 1.85. The number of hydrogen-bond donors (Lipinski definition) is 0. The van der Waals surface area contributed by atoms with E-state index in [0.29, 0.717) is 0 Å². The molecule has 0 aromatic carbocycles. The topological polar surface area (TPSA) is 0 Å². The van der Waals surface area contributed by atoms with Gasteiger partial charge < -0.3 is 0 Å². The first-order valence-corrected chi connectivity index (χ1v) is 3.08. The predicted octanol–water partition coefficient (Wildman–Crippen LogP) is 2.77. The molecule has 0 aliphatic carbocycles. The fourth-order valence-corrected chi connectivity index (χ4v) is 0.627. The molecule has 0 heteroatoms. The third-order valence-electron chi connectivity index (χ3n) is 1.29. The van der Waals surface area contributed by atoms with Gasteiger partial charge in [-0.15, -0.1) is 6.58 Å². The Kier molecular flexibility index (Phi) is 4.53. The average Bonchev–Trinajstić information content (AvgIpc) is 1.83. The maximum absolute atomic E-state index is 3.79. The van der Waals surface area contributed by atoms with E-state index >= 15 is 0 Å². The zero-order chi connectivity index (χ0) is 6.41. The van der Waals surface area contributed by atoms with Gasteiger partial charge in [-0.05, 0) is 12.8 Å². The molecule has 0 amide bonds. The summed E-state index contributed by atoms with van der Waals surface area (Å²) in [5, 5.41) is 0. The van der Waals surface area contributed by atoms with E-state index in [1.54, 1.807) is 0 Å². The van der Waals surface area contributed by atoms with Crippen molar-refractivity contribution >= 4 is 0 Å². The molecule has 0 rings (SSSR count). The Balaban J connectivity index is 3.20. The van der Waals surface area contributed by atoms with Crippen molar-refractivity contribution in [1.29, 1.82) is 0 Å². The lowest BCUT2D eigenvalue weighted by Gasteiger charge is -2.01. The minimum Gasteiger partial charge on any atom is -0.103 e. The second-order valence-corrected chi connectivity index (χ2v) is 1.85. The highest BCUT2D eigenvalue weighted by molar-refractivity contribution is 4.94. The van der Waals surface area contributed by atoms with Crippen LogP contribution in [0.1, 0.15) is 26.2 Å². The Hall–Kier alpha value is -0.390. The van der Waals surface area contributed by atoms with Gasteiger partial charge in [0.1, 0.15) is 0 Å². The molecule has 1 radical (unpaired) electrons. The highest BCUT2D eigenvalue weighted by Gasteiger charge is 2.02. The molecule has 0 aromatic rings. The van der Waals surface area contributed by atoms with Crippen LogP contribution in [0.2, 0.25) is 0 Å². The Bertz CT molecular complexity index is 51.1. The minimum atomic E-state index is 0.961. The predicted molar refractivity (Wildman–Crippen MR) is 38.3 cm³/mol. The smallest absolute Gasteiger partial charge is 0.0916 e. The van der Waals surface area contributed by atoms with Crippen LogP contribution in [0, 0.1) is 12.8 Å². The molecule has 0 saturated carbocycles. The van der Waals surface area contributed by atoms with Crippen LogP contribution in [-0.4, -0.2) is 0 Å². The molecule has 0 fully saturated rings. The molecule has 45 valence electrons. The number of hydrogen-bond acceptors (Lipinski definition) is 0. The summed E-state index contributed by atoms with van der Waals surface area (Å²) in [6.07, 6.45) is 5.09. The quantitative estimate of drug-likeness (QED) is 0.385. The number of allylic oxidation sites excluding steroid dienone is 1. The highest BCUT2D eigenvalue weighted by atomic mass is 14.0. The number of rotatable bonds is 4. The zero-order valence-electron chi connectivity index (χ0n) is 5.61. The summed E-state index contributed by atoms with van der Waals surface area (Å²) in [4.78, 5) is 0. The summed E-state index contributed by atoms with van der Waals surface area (Å²) in [7, 11) is 0. The summed E-state index contributed by atoms with van der Waals surface area (Å²) < 4.78 is 0. The van der Waals surface area contributed by atoms with Crippen molar-refractivity contribution in [2.45, 2.75) is 26.2 Å². The van der Waals surface area contributed by atoms with Gasteiger partial charge in [0.25, 0.3) is 0 Å². The Labute approximate surface area is 52.6 Å². The molecule has 0 bridgehead atoms. The minimum absolute atomic E-state index is 0.961. The zero-order valence-corrected chi connectivity index (χ0v) is 5.61. The lowest BCUT2D eigenvalue weighted by molar-refractivity contribution is 0.804. The van der Waals surface area contributed by atoms with Crippen molar-refractivity contribution in [1.82, 2.24) is 0 Å². The molecular weight excluding hydrogens is 96.1 g/mol. The molecule has 0 heterocycles. The lowest BCUT2D eigenvalue weighted by atomic mass is 10.00. The summed E-state index contributed by atoms with van der Waals surface area (Å²) in [6, 6.07) is 0. The van der Waals surface area contributed by atoms with Gasteiger partial charge in [0, 0.05) is 5.92 Å². The SMILES string of the molecule is C=CC[C](C[CH2+])CC. The molecular formula is C8H14+. The van der Waals surface area contributed by atoms with E-state index in [4.69, 9.17) is 0 Å². The molecule has 0 atom stereocenters. The van der Waals surface area contributed by atoms with E-state index in [1.807, 2.05) is 6.08 Å². The monoisotopic (exact) mass is 110 g/mol. The third kappa shape index (κ3) is 2.73. The van der Waals surface area contributed by atoms with Crippen LogP contribution in [0.15, 0.2) is 12.7 Å². The van der Waals surface area contributed by atoms with E-state index < -0.39 is 0 Å². The summed E-state index contributed by atoms with van der Waals surface area (Å²) in [6.45, 7) is 9.60. The van der Waals surface area contributed by atoms with Gasteiger partial charge in [-0.3, -0.25) is 0 Å². The fraction of sp³-hybridized carbons (Fsp3) is 0.500. The van der Waals surface area contributed by atoms with Crippen LogP contribution >= 0.6 is 0 Å². The van der Waals surface area contributed by atoms with Gasteiger partial charge >= 0.3 is 0 Å². The largest absolute Gasteiger partial charge is 0.103 e. The van der Waals surface area contributed by atoms with Gasteiger partial charge in [0.2, 0.25) is 0 Å². The van der Waals surface area contributed by atoms with Crippen molar-refractivity contribution in [2.24, 2.45) is 0 Å². The maximum atomic E-state index is 3.79. The standard InChI is InChI=1S/C8H14/c1-4-7-8(5-2)6-3/h4H,1-2,5-7H2,3H3/q+1. The first-order valence-electron chi connectivity index (χ1n) is 3.08. The highest BCUT2D eigenvalue weighted by Crippen LogP contribution is 2.14. The molecule has 0 aromatic heterocycles. The van der Waals surface area contributed by atoms with Crippen LogP contribution in [0.5, 0.6) is 0 Å². The molecule has 0 spiro atoms. The lowest BCUT2D eigenvalue weighted by Crippen LogP contribution is -1.89. The first kappa shape index (κ1) is 7.61.